The largest absolute Gasteiger partial charge is 0.394 e. The normalized spacial score (nSPS) is 12.2. The lowest BCUT2D eigenvalue weighted by Crippen LogP contribution is -2.41. The molecule has 0 bridgehead atoms. The number of carbonyl (C=O) groups is 1. The van der Waals surface area contributed by atoms with E-state index in [4.69, 9.17) is 9.84 Å². The minimum Gasteiger partial charge on any atom is -0.394 e. The second-order valence-corrected chi connectivity index (χ2v) is 5.48. The molecule has 0 aromatic heterocycles. The van der Waals surface area contributed by atoms with E-state index in [1.54, 1.807) is 7.11 Å². The minimum absolute atomic E-state index is 0.0954. The molecule has 1 amide bonds. The number of nitrogens with one attached hydrogen (secondary N) is 1. The summed E-state index contributed by atoms with van der Waals surface area (Å²) >= 11 is 1.51. The molecule has 1 aromatic rings. The SMILES string of the molecule is COCC(CO)NC(=O)CSc1cc(C)ccc1C. The molecule has 1 aromatic carbocycles. The van der Waals surface area contributed by atoms with Crippen LogP contribution >= 0.6 is 11.8 Å². The van der Waals surface area contributed by atoms with Crippen LogP contribution in [0.15, 0.2) is 23.1 Å². The Morgan fingerprint density at radius 2 is 2.21 bits per heavy atom. The predicted octanol–water partition coefficient (Wildman–Crippen LogP) is 1.52. The number of methoxy groups -OCH3 is 1. The highest BCUT2D eigenvalue weighted by atomic mass is 32.2. The average molecular weight is 283 g/mol. The highest BCUT2D eigenvalue weighted by molar-refractivity contribution is 8.00. The first kappa shape index (κ1) is 16.0. The zero-order valence-corrected chi connectivity index (χ0v) is 12.4. The molecule has 0 aliphatic carbocycles. The van der Waals surface area contributed by atoms with Gasteiger partial charge in [-0.15, -0.1) is 11.8 Å². The molecule has 1 rings (SSSR count). The number of hydrogen-bond donors (Lipinski definition) is 2. The van der Waals surface area contributed by atoms with Gasteiger partial charge in [0.25, 0.3) is 0 Å². The summed E-state index contributed by atoms with van der Waals surface area (Å²) < 4.78 is 4.91. The Bertz CT molecular complexity index is 423. The number of carbonyl (C=O) groups excluding carboxylic acids is 1. The lowest BCUT2D eigenvalue weighted by Gasteiger charge is -2.15. The van der Waals surface area contributed by atoms with Gasteiger partial charge in [0.2, 0.25) is 5.91 Å². The Morgan fingerprint density at radius 1 is 1.47 bits per heavy atom. The van der Waals surface area contributed by atoms with Crippen LogP contribution in [0.5, 0.6) is 0 Å². The molecule has 0 spiro atoms. The van der Waals surface area contributed by atoms with Crippen molar-refractivity contribution in [2.24, 2.45) is 0 Å². The van der Waals surface area contributed by atoms with Crippen molar-refractivity contribution in [3.63, 3.8) is 0 Å². The van der Waals surface area contributed by atoms with Gasteiger partial charge in [-0.25, -0.2) is 0 Å². The number of aryl methyl sites for hydroxylation is 2. The molecule has 0 radical (unpaired) electrons. The molecule has 1 unspecified atom stereocenters. The van der Waals surface area contributed by atoms with E-state index >= 15 is 0 Å². The molecule has 19 heavy (non-hydrogen) atoms. The summed E-state index contributed by atoms with van der Waals surface area (Å²) in [5, 5.41) is 11.8. The van der Waals surface area contributed by atoms with Gasteiger partial charge in [-0.3, -0.25) is 4.79 Å². The Balaban J connectivity index is 2.47. The molecule has 2 N–H and O–H groups in total. The first-order valence-corrected chi connectivity index (χ1v) is 7.14. The first-order valence-electron chi connectivity index (χ1n) is 6.16. The Hall–Kier alpha value is -1.04. The smallest absolute Gasteiger partial charge is 0.230 e. The van der Waals surface area contributed by atoms with Crippen LogP contribution < -0.4 is 5.32 Å². The number of aliphatic hydroxyl groups excluding tert-OH is 1. The van der Waals surface area contributed by atoms with Gasteiger partial charge in [-0.1, -0.05) is 17.7 Å². The third-order valence-corrected chi connectivity index (χ3v) is 3.81. The second-order valence-electron chi connectivity index (χ2n) is 4.46. The number of amides is 1. The van der Waals surface area contributed by atoms with Gasteiger partial charge >= 0.3 is 0 Å². The number of rotatable bonds is 7. The van der Waals surface area contributed by atoms with Crippen LogP contribution in [-0.4, -0.2) is 43.1 Å². The number of benzene rings is 1. The highest BCUT2D eigenvalue weighted by Crippen LogP contribution is 2.23. The van der Waals surface area contributed by atoms with Gasteiger partial charge in [0.05, 0.1) is 25.0 Å². The molecule has 0 aliphatic heterocycles. The maximum Gasteiger partial charge on any atom is 0.230 e. The van der Waals surface area contributed by atoms with Gasteiger partial charge in [-0.05, 0) is 25.5 Å². The molecule has 5 heteroatoms. The maximum atomic E-state index is 11.8. The fraction of sp³-hybridized carbons (Fsp3) is 0.500. The zero-order chi connectivity index (χ0) is 14.3. The molecule has 0 aliphatic rings. The Labute approximate surface area is 118 Å². The third kappa shape index (κ3) is 5.63. The fourth-order valence-corrected chi connectivity index (χ4v) is 2.55. The zero-order valence-electron chi connectivity index (χ0n) is 11.6. The number of aliphatic hydroxyl groups is 1. The van der Waals surface area contributed by atoms with Gasteiger partial charge in [0.15, 0.2) is 0 Å². The van der Waals surface area contributed by atoms with Crippen molar-refractivity contribution in [1.82, 2.24) is 5.32 Å². The van der Waals surface area contributed by atoms with Crippen LogP contribution in [-0.2, 0) is 9.53 Å². The molecule has 4 nitrogen and oxygen atoms in total. The highest BCUT2D eigenvalue weighted by Gasteiger charge is 2.11. The van der Waals surface area contributed by atoms with Crippen LogP contribution in [0.2, 0.25) is 0 Å². The quantitative estimate of drug-likeness (QED) is 0.745. The van der Waals surface area contributed by atoms with Crippen molar-refractivity contribution in [2.45, 2.75) is 24.8 Å². The lowest BCUT2D eigenvalue weighted by atomic mass is 10.2. The standard InChI is InChI=1S/C14H21NO3S/c1-10-4-5-11(2)13(6-10)19-9-14(17)15-12(7-16)8-18-3/h4-6,12,16H,7-9H2,1-3H3,(H,15,17). The van der Waals surface area contributed by atoms with E-state index in [0.29, 0.717) is 12.4 Å². The van der Waals surface area contributed by atoms with Crippen LogP contribution in [0.25, 0.3) is 0 Å². The van der Waals surface area contributed by atoms with Crippen molar-refractivity contribution in [3.05, 3.63) is 29.3 Å². The summed E-state index contributed by atoms with van der Waals surface area (Å²) in [6, 6.07) is 5.85. The maximum absolute atomic E-state index is 11.8. The summed E-state index contributed by atoms with van der Waals surface area (Å²) in [7, 11) is 1.54. The Kier molecular flexibility index (Phi) is 6.91. The molecule has 0 fully saturated rings. The van der Waals surface area contributed by atoms with Crippen LogP contribution in [0.3, 0.4) is 0 Å². The first-order chi connectivity index (χ1) is 9.06. The monoisotopic (exact) mass is 283 g/mol. The van der Waals surface area contributed by atoms with E-state index in [9.17, 15) is 4.79 Å². The molecular formula is C14H21NO3S. The number of ether oxygens (including phenoxy) is 1. The molecule has 1 atom stereocenters. The van der Waals surface area contributed by atoms with Crippen molar-refractivity contribution in [1.29, 1.82) is 0 Å². The van der Waals surface area contributed by atoms with E-state index < -0.39 is 0 Å². The molecule has 0 saturated heterocycles. The number of hydrogen-bond acceptors (Lipinski definition) is 4. The molecule has 0 heterocycles. The van der Waals surface area contributed by atoms with Gasteiger partial charge in [0.1, 0.15) is 0 Å². The summed E-state index contributed by atoms with van der Waals surface area (Å²) in [4.78, 5) is 12.9. The van der Waals surface area contributed by atoms with Crippen LogP contribution in [0, 0.1) is 13.8 Å². The van der Waals surface area contributed by atoms with Gasteiger partial charge in [-0.2, -0.15) is 0 Å². The summed E-state index contributed by atoms with van der Waals surface area (Å²) in [6.07, 6.45) is 0. The second kappa shape index (κ2) is 8.19. The van der Waals surface area contributed by atoms with Crippen molar-refractivity contribution in [2.75, 3.05) is 26.1 Å². The van der Waals surface area contributed by atoms with Crippen molar-refractivity contribution < 1.29 is 14.6 Å². The van der Waals surface area contributed by atoms with E-state index in [0.717, 1.165) is 4.90 Å². The third-order valence-electron chi connectivity index (χ3n) is 2.66. The van der Waals surface area contributed by atoms with E-state index in [1.165, 1.54) is 22.9 Å². The van der Waals surface area contributed by atoms with Gasteiger partial charge in [0, 0.05) is 12.0 Å². The predicted molar refractivity (Wildman–Crippen MR) is 77.5 cm³/mol. The van der Waals surface area contributed by atoms with Gasteiger partial charge < -0.3 is 15.2 Å². The lowest BCUT2D eigenvalue weighted by molar-refractivity contribution is -0.120. The molecular weight excluding hydrogens is 262 g/mol. The number of thioether (sulfide) groups is 1. The minimum atomic E-state index is -0.336. The van der Waals surface area contributed by atoms with E-state index in [1.807, 2.05) is 13.8 Å². The molecule has 0 saturated carbocycles. The summed E-state index contributed by atoms with van der Waals surface area (Å²) in [6.45, 7) is 4.26. The van der Waals surface area contributed by atoms with Crippen LogP contribution in [0.1, 0.15) is 11.1 Å². The van der Waals surface area contributed by atoms with E-state index in [-0.39, 0.29) is 18.6 Å². The van der Waals surface area contributed by atoms with Crippen molar-refractivity contribution >= 4 is 17.7 Å². The average Bonchev–Trinajstić information content (AvgIpc) is 2.39. The van der Waals surface area contributed by atoms with E-state index in [2.05, 4.69) is 23.5 Å². The van der Waals surface area contributed by atoms with Crippen molar-refractivity contribution in [3.8, 4) is 0 Å². The fourth-order valence-electron chi connectivity index (χ4n) is 1.62. The van der Waals surface area contributed by atoms with Crippen LogP contribution in [0.4, 0.5) is 0 Å². The Morgan fingerprint density at radius 3 is 2.84 bits per heavy atom. The topological polar surface area (TPSA) is 58.6 Å². The summed E-state index contributed by atoms with van der Waals surface area (Å²) in [5.41, 5.74) is 2.35. The summed E-state index contributed by atoms with van der Waals surface area (Å²) in [5.74, 6) is 0.242. The molecule has 106 valence electrons.